The molecule has 0 aliphatic heterocycles. The molecule has 7 heteroatoms. The summed E-state index contributed by atoms with van der Waals surface area (Å²) in [5.74, 6) is 0.958. The van der Waals surface area contributed by atoms with Crippen molar-refractivity contribution in [2.45, 2.75) is 85.1 Å². The first-order valence-corrected chi connectivity index (χ1v) is 15.3. The molecule has 2 bridgehead atoms. The molecule has 1 spiro atoms. The zero-order valence-electron chi connectivity index (χ0n) is 22.7. The van der Waals surface area contributed by atoms with Crippen molar-refractivity contribution in [3.63, 3.8) is 0 Å². The zero-order valence-corrected chi connectivity index (χ0v) is 25.1. The SMILES string of the molecule is CCOC(=O)[C@]1(C)CCC[C@@]2(C)[C@@H]3CC[C@@]4(C)C[C@]3(CC[C@@H]21)[C@H](CO)[C@H]4NC(=S)Nc1ccccc1Br. The molecule has 37 heavy (non-hydrogen) atoms. The summed E-state index contributed by atoms with van der Waals surface area (Å²) in [5, 5.41) is 18.6. The highest BCUT2D eigenvalue weighted by Gasteiger charge is 2.71. The van der Waals surface area contributed by atoms with Gasteiger partial charge in [0, 0.05) is 23.0 Å². The van der Waals surface area contributed by atoms with Gasteiger partial charge in [0.25, 0.3) is 0 Å². The minimum Gasteiger partial charge on any atom is -0.466 e. The molecule has 0 unspecified atom stereocenters. The number of hydrogen-bond donors (Lipinski definition) is 3. The fourth-order valence-corrected chi connectivity index (χ4v) is 10.6. The standard InChI is InChI=1S/C30H43BrN2O3S/c1-5-36-25(35)29(4)14-8-13-28(3)22(29)12-16-30-18-27(2,15-11-23(28)30)24(19(30)17-34)33-26(37)32-21-10-7-6-9-20(21)31/h6-7,9-10,19,22-24,34H,5,8,11-18H2,1-4H3,(H2,32,33,37)/t19-,22+,23+,24-,27+,28-,29-,30-/m1/s1. The second kappa shape index (κ2) is 9.78. The molecule has 0 heterocycles. The lowest BCUT2D eigenvalue weighted by Crippen LogP contribution is -2.60. The first-order chi connectivity index (χ1) is 17.5. The van der Waals surface area contributed by atoms with Crippen LogP contribution in [-0.2, 0) is 9.53 Å². The number of carbonyl (C=O) groups excluding carboxylic acids is 1. The second-order valence-electron chi connectivity index (χ2n) is 13.1. The number of aliphatic hydroxyl groups excluding tert-OH is 1. The van der Waals surface area contributed by atoms with Gasteiger partial charge in [-0.3, -0.25) is 4.79 Å². The van der Waals surface area contributed by atoms with E-state index in [0.717, 1.165) is 61.5 Å². The molecule has 8 atom stereocenters. The Hall–Kier alpha value is -1.18. The van der Waals surface area contributed by atoms with Crippen LogP contribution in [0.15, 0.2) is 28.7 Å². The van der Waals surface area contributed by atoms with Crippen molar-refractivity contribution in [1.29, 1.82) is 0 Å². The summed E-state index contributed by atoms with van der Waals surface area (Å²) in [7, 11) is 0. The van der Waals surface area contributed by atoms with Gasteiger partial charge in [0.2, 0.25) is 0 Å². The van der Waals surface area contributed by atoms with Crippen LogP contribution in [-0.4, -0.2) is 35.4 Å². The highest BCUT2D eigenvalue weighted by molar-refractivity contribution is 9.10. The Morgan fingerprint density at radius 2 is 1.86 bits per heavy atom. The number of nitrogens with one attached hydrogen (secondary N) is 2. The number of benzene rings is 1. The molecular formula is C30H43BrN2O3S. The minimum absolute atomic E-state index is 0.00399. The van der Waals surface area contributed by atoms with Crippen molar-refractivity contribution in [1.82, 2.24) is 5.32 Å². The lowest BCUT2D eigenvalue weighted by atomic mass is 9.39. The van der Waals surface area contributed by atoms with E-state index >= 15 is 0 Å². The number of carbonyl (C=O) groups is 1. The van der Waals surface area contributed by atoms with Crippen LogP contribution in [0.5, 0.6) is 0 Å². The van der Waals surface area contributed by atoms with Crippen LogP contribution < -0.4 is 10.6 Å². The number of ether oxygens (including phenoxy) is 1. The summed E-state index contributed by atoms with van der Waals surface area (Å²) in [6, 6.07) is 8.11. The highest BCUT2D eigenvalue weighted by Crippen LogP contribution is 2.75. The quantitative estimate of drug-likeness (QED) is 0.262. The molecule has 1 aromatic rings. The van der Waals surface area contributed by atoms with Gasteiger partial charge < -0.3 is 20.5 Å². The number of para-hydroxylation sites is 1. The van der Waals surface area contributed by atoms with Gasteiger partial charge in [-0.2, -0.15) is 0 Å². The summed E-state index contributed by atoms with van der Waals surface area (Å²) < 4.78 is 6.61. The molecule has 4 saturated carbocycles. The van der Waals surface area contributed by atoms with Crippen molar-refractivity contribution in [2.24, 2.45) is 39.4 Å². The normalized spacial score (nSPS) is 42.3. The maximum Gasteiger partial charge on any atom is 0.312 e. The fraction of sp³-hybridized carbons (Fsp3) is 0.733. The monoisotopic (exact) mass is 590 g/mol. The van der Waals surface area contributed by atoms with Crippen molar-refractivity contribution in [3.05, 3.63) is 28.7 Å². The largest absolute Gasteiger partial charge is 0.466 e. The molecular weight excluding hydrogens is 548 g/mol. The molecule has 0 aromatic heterocycles. The van der Waals surface area contributed by atoms with E-state index in [1.165, 1.54) is 0 Å². The van der Waals surface area contributed by atoms with Gasteiger partial charge in [-0.1, -0.05) is 32.4 Å². The molecule has 3 N–H and O–H groups in total. The summed E-state index contributed by atoms with van der Waals surface area (Å²) in [6.45, 7) is 9.56. The zero-order chi connectivity index (χ0) is 26.6. The Morgan fingerprint density at radius 1 is 1.14 bits per heavy atom. The van der Waals surface area contributed by atoms with Crippen LogP contribution in [0.2, 0.25) is 0 Å². The Bertz CT molecular complexity index is 1070. The molecule has 0 amide bonds. The van der Waals surface area contributed by atoms with Gasteiger partial charge in [-0.15, -0.1) is 0 Å². The third-order valence-corrected chi connectivity index (χ3v) is 12.3. The van der Waals surface area contributed by atoms with Gasteiger partial charge in [0.1, 0.15) is 0 Å². The van der Waals surface area contributed by atoms with Gasteiger partial charge in [-0.05, 0) is 127 Å². The number of halogens is 1. The predicted octanol–water partition coefficient (Wildman–Crippen LogP) is 6.69. The van der Waals surface area contributed by atoms with Crippen LogP contribution in [0.25, 0.3) is 0 Å². The smallest absolute Gasteiger partial charge is 0.312 e. The van der Waals surface area contributed by atoms with Crippen molar-refractivity contribution >= 4 is 44.9 Å². The van der Waals surface area contributed by atoms with Crippen LogP contribution in [0.4, 0.5) is 5.69 Å². The topological polar surface area (TPSA) is 70.6 Å². The average Bonchev–Trinajstić information content (AvgIpc) is 3.01. The Labute approximate surface area is 236 Å². The molecule has 5 nitrogen and oxygen atoms in total. The molecule has 4 fully saturated rings. The fourth-order valence-electron chi connectivity index (χ4n) is 9.99. The van der Waals surface area contributed by atoms with Gasteiger partial charge in [0.15, 0.2) is 5.11 Å². The molecule has 4 aliphatic carbocycles. The average molecular weight is 592 g/mol. The number of anilines is 1. The Kier molecular flexibility index (Phi) is 7.24. The number of rotatable bonds is 5. The van der Waals surface area contributed by atoms with Crippen LogP contribution in [0.1, 0.15) is 79.1 Å². The summed E-state index contributed by atoms with van der Waals surface area (Å²) in [6.07, 6.45) is 8.63. The number of hydrogen-bond acceptors (Lipinski definition) is 4. The molecule has 0 saturated heterocycles. The predicted molar refractivity (Wildman–Crippen MR) is 155 cm³/mol. The molecule has 204 valence electrons. The third-order valence-electron chi connectivity index (χ3n) is 11.3. The molecule has 0 radical (unpaired) electrons. The first-order valence-electron chi connectivity index (χ1n) is 14.1. The number of esters is 1. The van der Waals surface area contributed by atoms with E-state index in [0.29, 0.717) is 23.6 Å². The summed E-state index contributed by atoms with van der Waals surface area (Å²) >= 11 is 9.42. The van der Waals surface area contributed by atoms with E-state index in [4.69, 9.17) is 17.0 Å². The van der Waals surface area contributed by atoms with Crippen LogP contribution >= 0.6 is 28.1 Å². The number of fused-ring (bicyclic) bond motifs is 3. The van der Waals surface area contributed by atoms with E-state index in [-0.39, 0.29) is 40.8 Å². The van der Waals surface area contributed by atoms with Gasteiger partial charge >= 0.3 is 5.97 Å². The minimum atomic E-state index is -0.412. The van der Waals surface area contributed by atoms with Gasteiger partial charge in [0.05, 0.1) is 17.7 Å². The first kappa shape index (κ1) is 27.4. The summed E-state index contributed by atoms with van der Waals surface area (Å²) in [4.78, 5) is 13.3. The van der Waals surface area contributed by atoms with Crippen LogP contribution in [0.3, 0.4) is 0 Å². The Morgan fingerprint density at radius 3 is 2.57 bits per heavy atom. The van der Waals surface area contributed by atoms with Crippen molar-refractivity contribution in [3.8, 4) is 0 Å². The molecule has 5 rings (SSSR count). The van der Waals surface area contributed by atoms with Crippen LogP contribution in [0, 0.1) is 39.4 Å². The van der Waals surface area contributed by atoms with E-state index < -0.39 is 5.41 Å². The lowest BCUT2D eigenvalue weighted by molar-refractivity contribution is -0.193. The lowest BCUT2D eigenvalue weighted by Gasteiger charge is -2.65. The summed E-state index contributed by atoms with van der Waals surface area (Å²) in [5.41, 5.74) is 0.753. The maximum absolute atomic E-state index is 13.3. The van der Waals surface area contributed by atoms with E-state index in [1.807, 2.05) is 31.2 Å². The second-order valence-corrected chi connectivity index (χ2v) is 14.4. The van der Waals surface area contributed by atoms with Crippen molar-refractivity contribution < 1.29 is 14.6 Å². The van der Waals surface area contributed by atoms with E-state index in [9.17, 15) is 9.90 Å². The highest BCUT2D eigenvalue weighted by atomic mass is 79.9. The van der Waals surface area contributed by atoms with Gasteiger partial charge in [-0.25, -0.2) is 0 Å². The van der Waals surface area contributed by atoms with Crippen molar-refractivity contribution in [2.75, 3.05) is 18.5 Å². The molecule has 4 aliphatic rings. The molecule has 1 aromatic carbocycles. The maximum atomic E-state index is 13.3. The van der Waals surface area contributed by atoms with E-state index in [2.05, 4.69) is 47.3 Å². The number of aliphatic hydroxyl groups is 1. The third kappa shape index (κ3) is 4.17. The Balaban J connectivity index is 1.43. The van der Waals surface area contributed by atoms with E-state index in [1.54, 1.807) is 0 Å². The number of thiocarbonyl (C=S) groups is 1.